The van der Waals surface area contributed by atoms with Crippen LogP contribution in [0.3, 0.4) is 0 Å². The standard InChI is InChI=1S/C21H23ClN2O4/c1-26-18-8-5-15(11-19(18)27-2)17(14-3-6-16(22)7-4-14)12-20(25)24-21-13-23-9-10-28-21/h3-8,11-12,21,23H,9-10,13H2,1-2H3,(H,24,25)/b17-12+. The van der Waals surface area contributed by atoms with Gasteiger partial charge in [-0.2, -0.15) is 0 Å². The number of rotatable bonds is 6. The van der Waals surface area contributed by atoms with E-state index in [1.807, 2.05) is 30.3 Å². The molecule has 0 aromatic heterocycles. The van der Waals surface area contributed by atoms with E-state index in [4.69, 9.17) is 25.8 Å². The first-order valence-electron chi connectivity index (χ1n) is 8.93. The van der Waals surface area contributed by atoms with Crippen LogP contribution in [0.25, 0.3) is 5.57 Å². The molecule has 3 rings (SSSR count). The van der Waals surface area contributed by atoms with Gasteiger partial charge in [-0.1, -0.05) is 29.8 Å². The highest BCUT2D eigenvalue weighted by atomic mass is 35.5. The fraction of sp³-hybridized carbons (Fsp3) is 0.286. The predicted molar refractivity (Wildman–Crippen MR) is 109 cm³/mol. The SMILES string of the molecule is COc1ccc(/C(=C/C(=O)NC2CNCCO2)c2ccc(Cl)cc2)cc1OC. The Bertz CT molecular complexity index is 846. The van der Waals surface area contributed by atoms with Gasteiger partial charge in [0.15, 0.2) is 11.5 Å². The van der Waals surface area contributed by atoms with Crippen LogP contribution in [0.4, 0.5) is 0 Å². The summed E-state index contributed by atoms with van der Waals surface area (Å²) in [6.45, 7) is 1.92. The predicted octanol–water partition coefficient (Wildman–Crippen LogP) is 2.85. The maximum atomic E-state index is 12.6. The molecular formula is C21H23ClN2O4. The van der Waals surface area contributed by atoms with Gasteiger partial charge in [0.05, 0.1) is 20.8 Å². The Morgan fingerprint density at radius 3 is 2.50 bits per heavy atom. The molecule has 2 aromatic rings. The maximum Gasteiger partial charge on any atom is 0.246 e. The Balaban J connectivity index is 1.95. The molecular weight excluding hydrogens is 380 g/mol. The number of amides is 1. The lowest BCUT2D eigenvalue weighted by atomic mass is 9.97. The topological polar surface area (TPSA) is 68.8 Å². The number of halogens is 1. The summed E-state index contributed by atoms with van der Waals surface area (Å²) in [5, 5.41) is 6.68. The average Bonchev–Trinajstić information content (AvgIpc) is 2.73. The Morgan fingerprint density at radius 2 is 1.86 bits per heavy atom. The molecule has 1 unspecified atom stereocenters. The third-order valence-electron chi connectivity index (χ3n) is 4.36. The monoisotopic (exact) mass is 402 g/mol. The van der Waals surface area contributed by atoms with E-state index in [1.165, 1.54) is 0 Å². The highest BCUT2D eigenvalue weighted by Gasteiger charge is 2.17. The zero-order chi connectivity index (χ0) is 19.9. The number of carbonyl (C=O) groups excluding carboxylic acids is 1. The van der Waals surface area contributed by atoms with Gasteiger partial charge in [0, 0.05) is 24.2 Å². The lowest BCUT2D eigenvalue weighted by Crippen LogP contribution is -2.48. The van der Waals surface area contributed by atoms with E-state index in [2.05, 4.69) is 10.6 Å². The zero-order valence-corrected chi connectivity index (χ0v) is 16.6. The van der Waals surface area contributed by atoms with Crippen LogP contribution in [0, 0.1) is 0 Å². The van der Waals surface area contributed by atoms with Gasteiger partial charge in [0.25, 0.3) is 0 Å². The van der Waals surface area contributed by atoms with E-state index >= 15 is 0 Å². The van der Waals surface area contributed by atoms with Crippen molar-refractivity contribution in [2.24, 2.45) is 0 Å². The first kappa shape index (κ1) is 20.2. The van der Waals surface area contributed by atoms with Crippen molar-refractivity contribution in [2.75, 3.05) is 33.9 Å². The van der Waals surface area contributed by atoms with Crippen LogP contribution < -0.4 is 20.1 Å². The minimum atomic E-state index is -0.352. The largest absolute Gasteiger partial charge is 0.493 e. The molecule has 28 heavy (non-hydrogen) atoms. The number of nitrogens with one attached hydrogen (secondary N) is 2. The maximum absolute atomic E-state index is 12.6. The molecule has 2 aromatic carbocycles. The molecule has 0 aliphatic carbocycles. The van der Waals surface area contributed by atoms with Gasteiger partial charge in [-0.25, -0.2) is 0 Å². The van der Waals surface area contributed by atoms with E-state index in [0.29, 0.717) is 29.7 Å². The van der Waals surface area contributed by atoms with Crippen molar-refractivity contribution in [3.63, 3.8) is 0 Å². The average molecular weight is 403 g/mol. The smallest absolute Gasteiger partial charge is 0.246 e. The van der Waals surface area contributed by atoms with Crippen molar-refractivity contribution in [1.82, 2.24) is 10.6 Å². The normalized spacial score (nSPS) is 17.1. The molecule has 1 saturated heterocycles. The van der Waals surface area contributed by atoms with Crippen LogP contribution >= 0.6 is 11.6 Å². The van der Waals surface area contributed by atoms with E-state index in [9.17, 15) is 4.79 Å². The Kier molecular flexibility index (Phi) is 6.92. The Hall–Kier alpha value is -2.54. The molecule has 7 heteroatoms. The summed E-state index contributed by atoms with van der Waals surface area (Å²) in [4.78, 5) is 12.6. The summed E-state index contributed by atoms with van der Waals surface area (Å²) in [5.41, 5.74) is 2.41. The second kappa shape index (κ2) is 9.59. The molecule has 1 aliphatic rings. The molecule has 0 bridgehead atoms. The third-order valence-corrected chi connectivity index (χ3v) is 4.61. The van der Waals surface area contributed by atoms with Gasteiger partial charge < -0.3 is 24.8 Å². The number of hydrogen-bond donors (Lipinski definition) is 2. The molecule has 1 fully saturated rings. The minimum Gasteiger partial charge on any atom is -0.493 e. The highest BCUT2D eigenvalue weighted by Crippen LogP contribution is 2.33. The van der Waals surface area contributed by atoms with Crippen LogP contribution in [0.2, 0.25) is 5.02 Å². The van der Waals surface area contributed by atoms with Crippen LogP contribution in [0.5, 0.6) is 11.5 Å². The lowest BCUT2D eigenvalue weighted by Gasteiger charge is -2.24. The quantitative estimate of drug-likeness (QED) is 0.727. The van der Waals surface area contributed by atoms with Gasteiger partial charge in [-0.05, 0) is 41.0 Å². The van der Waals surface area contributed by atoms with E-state index in [0.717, 1.165) is 23.2 Å². The third kappa shape index (κ3) is 5.04. The lowest BCUT2D eigenvalue weighted by molar-refractivity contribution is -0.121. The summed E-state index contributed by atoms with van der Waals surface area (Å²) in [5.74, 6) is 0.960. The van der Waals surface area contributed by atoms with Gasteiger partial charge in [0.2, 0.25) is 5.91 Å². The van der Waals surface area contributed by atoms with Crippen LogP contribution in [0.15, 0.2) is 48.5 Å². The molecule has 1 amide bonds. The second-order valence-corrected chi connectivity index (χ2v) is 6.64. The van der Waals surface area contributed by atoms with E-state index < -0.39 is 0 Å². The molecule has 6 nitrogen and oxygen atoms in total. The number of methoxy groups -OCH3 is 2. The van der Waals surface area contributed by atoms with Crippen molar-refractivity contribution >= 4 is 23.1 Å². The second-order valence-electron chi connectivity index (χ2n) is 6.21. The molecule has 0 saturated carbocycles. The summed E-state index contributed by atoms with van der Waals surface area (Å²) in [7, 11) is 3.16. The summed E-state index contributed by atoms with van der Waals surface area (Å²) in [6.07, 6.45) is 1.21. The zero-order valence-electron chi connectivity index (χ0n) is 15.8. The Labute approximate surface area is 169 Å². The van der Waals surface area contributed by atoms with Gasteiger partial charge >= 0.3 is 0 Å². The van der Waals surface area contributed by atoms with E-state index in [1.54, 1.807) is 32.4 Å². The van der Waals surface area contributed by atoms with E-state index in [-0.39, 0.29) is 12.1 Å². The van der Waals surface area contributed by atoms with Crippen molar-refractivity contribution in [2.45, 2.75) is 6.23 Å². The van der Waals surface area contributed by atoms with Gasteiger partial charge in [0.1, 0.15) is 6.23 Å². The van der Waals surface area contributed by atoms with Crippen molar-refractivity contribution < 1.29 is 19.0 Å². The molecule has 1 atom stereocenters. The van der Waals surface area contributed by atoms with Crippen LogP contribution in [-0.4, -0.2) is 46.1 Å². The minimum absolute atomic E-state index is 0.242. The molecule has 0 radical (unpaired) electrons. The number of hydrogen-bond acceptors (Lipinski definition) is 5. The van der Waals surface area contributed by atoms with Gasteiger partial charge in [-0.15, -0.1) is 0 Å². The van der Waals surface area contributed by atoms with Crippen molar-refractivity contribution in [3.05, 3.63) is 64.7 Å². The van der Waals surface area contributed by atoms with Crippen molar-refractivity contribution in [3.8, 4) is 11.5 Å². The number of ether oxygens (including phenoxy) is 3. The summed E-state index contributed by atoms with van der Waals surface area (Å²) >= 11 is 6.03. The molecule has 1 aliphatic heterocycles. The molecule has 1 heterocycles. The first-order valence-corrected chi connectivity index (χ1v) is 9.31. The molecule has 0 spiro atoms. The van der Waals surface area contributed by atoms with Crippen LogP contribution in [0.1, 0.15) is 11.1 Å². The summed E-state index contributed by atoms with van der Waals surface area (Å²) in [6, 6.07) is 12.9. The van der Waals surface area contributed by atoms with Crippen molar-refractivity contribution in [1.29, 1.82) is 0 Å². The fourth-order valence-corrected chi connectivity index (χ4v) is 3.08. The number of morpholine rings is 1. The fourth-order valence-electron chi connectivity index (χ4n) is 2.96. The molecule has 148 valence electrons. The number of carbonyl (C=O) groups is 1. The summed E-state index contributed by atoms with van der Waals surface area (Å²) < 4.78 is 16.3. The number of benzene rings is 2. The van der Waals surface area contributed by atoms with Gasteiger partial charge in [-0.3, -0.25) is 4.79 Å². The highest BCUT2D eigenvalue weighted by molar-refractivity contribution is 6.30. The first-order chi connectivity index (χ1) is 13.6. The van der Waals surface area contributed by atoms with Crippen LogP contribution in [-0.2, 0) is 9.53 Å². The molecule has 2 N–H and O–H groups in total. The Morgan fingerprint density at radius 1 is 1.14 bits per heavy atom.